The van der Waals surface area contributed by atoms with Crippen molar-refractivity contribution in [2.75, 3.05) is 23.6 Å². The molecule has 0 aliphatic rings. The van der Waals surface area contributed by atoms with Crippen LogP contribution in [0.4, 0.5) is 4.79 Å². The number of amides is 1. The third-order valence-electron chi connectivity index (χ3n) is 1.95. The van der Waals surface area contributed by atoms with E-state index < -0.39 is 6.09 Å². The molecule has 0 unspecified atom stereocenters. The molecule has 0 aliphatic carbocycles. The number of oxime groups is 1. The van der Waals surface area contributed by atoms with Gasteiger partial charge in [-0.3, -0.25) is 4.84 Å². The second kappa shape index (κ2) is 9.33. The average molecular weight is 290 g/mol. The molecule has 0 atom stereocenters. The minimum absolute atomic E-state index is 0.107. The second-order valence-electron chi connectivity index (χ2n) is 4.54. The molecule has 0 aromatic rings. The van der Waals surface area contributed by atoms with E-state index in [2.05, 4.69) is 37.8 Å². The van der Waals surface area contributed by atoms with E-state index >= 15 is 0 Å². The summed E-state index contributed by atoms with van der Waals surface area (Å²) in [5.74, 6) is 1.70. The Hall–Kier alpha value is -0.620. The molecule has 1 N–H and O–H groups in total. The molecule has 0 spiro atoms. The predicted octanol–water partition coefficient (Wildman–Crippen LogP) is 3.35. The van der Waals surface area contributed by atoms with E-state index in [4.69, 9.17) is 4.84 Å². The molecular formula is C12H22N2O2S2. The second-order valence-corrected chi connectivity index (χ2v) is 6.92. The van der Waals surface area contributed by atoms with Crippen LogP contribution in [0.15, 0.2) is 17.8 Å². The summed E-state index contributed by atoms with van der Waals surface area (Å²) in [6.45, 7) is 9.83. The Kier molecular flexibility index (Phi) is 9.01. The summed E-state index contributed by atoms with van der Waals surface area (Å²) in [6, 6.07) is 0. The van der Waals surface area contributed by atoms with E-state index in [1.54, 1.807) is 23.5 Å². The van der Waals surface area contributed by atoms with E-state index in [-0.39, 0.29) is 5.41 Å². The van der Waals surface area contributed by atoms with Gasteiger partial charge in [0.25, 0.3) is 0 Å². The molecule has 0 radical (unpaired) electrons. The van der Waals surface area contributed by atoms with Gasteiger partial charge in [-0.2, -0.15) is 0 Å². The molecule has 0 saturated heterocycles. The van der Waals surface area contributed by atoms with E-state index in [1.165, 1.54) is 7.05 Å². The van der Waals surface area contributed by atoms with Gasteiger partial charge < -0.3 is 5.32 Å². The lowest BCUT2D eigenvalue weighted by Crippen LogP contribution is -2.25. The van der Waals surface area contributed by atoms with Gasteiger partial charge in [-0.15, -0.1) is 30.1 Å². The maximum Gasteiger partial charge on any atom is 0.433 e. The average Bonchev–Trinajstić information content (AvgIpc) is 2.30. The monoisotopic (exact) mass is 290 g/mol. The summed E-state index contributed by atoms with van der Waals surface area (Å²) in [7, 11) is 1.51. The fraction of sp³-hybridized carbons (Fsp3) is 0.667. The molecule has 0 fully saturated rings. The molecule has 0 aromatic carbocycles. The van der Waals surface area contributed by atoms with E-state index in [0.717, 1.165) is 22.3 Å². The molecule has 0 saturated carbocycles. The molecule has 0 aliphatic heterocycles. The molecule has 0 rings (SSSR count). The van der Waals surface area contributed by atoms with Crippen molar-refractivity contribution in [3.8, 4) is 0 Å². The van der Waals surface area contributed by atoms with Gasteiger partial charge in [-0.25, -0.2) is 4.79 Å². The first-order valence-electron chi connectivity index (χ1n) is 5.64. The van der Waals surface area contributed by atoms with Crippen LogP contribution >= 0.6 is 23.5 Å². The summed E-state index contributed by atoms with van der Waals surface area (Å²) in [6.07, 6.45) is 1.35. The van der Waals surface area contributed by atoms with Crippen LogP contribution in [0.2, 0.25) is 0 Å². The highest BCUT2D eigenvalue weighted by atomic mass is 32.2. The lowest BCUT2D eigenvalue weighted by atomic mass is 9.91. The summed E-state index contributed by atoms with van der Waals surface area (Å²) in [5, 5.41) is 7.28. The quantitative estimate of drug-likeness (QED) is 0.195. The minimum Gasteiger partial charge on any atom is -0.323 e. The Morgan fingerprint density at radius 1 is 1.44 bits per heavy atom. The number of nitrogens with zero attached hydrogens (tertiary/aromatic N) is 1. The van der Waals surface area contributed by atoms with Crippen molar-refractivity contribution >= 4 is 35.3 Å². The van der Waals surface area contributed by atoms with Gasteiger partial charge >= 0.3 is 6.09 Å². The molecular weight excluding hydrogens is 268 g/mol. The highest BCUT2D eigenvalue weighted by Gasteiger charge is 2.20. The van der Waals surface area contributed by atoms with Crippen LogP contribution in [-0.2, 0) is 4.84 Å². The van der Waals surface area contributed by atoms with Gasteiger partial charge in [-0.1, -0.05) is 32.0 Å². The SMILES string of the molecule is C=CCSCSCC(=NOC(=O)NC)C(C)(C)C. The van der Waals surface area contributed by atoms with Crippen molar-refractivity contribution in [3.63, 3.8) is 0 Å². The van der Waals surface area contributed by atoms with Crippen molar-refractivity contribution in [3.05, 3.63) is 12.7 Å². The van der Waals surface area contributed by atoms with Crippen molar-refractivity contribution < 1.29 is 9.63 Å². The first-order chi connectivity index (χ1) is 8.41. The van der Waals surface area contributed by atoms with Gasteiger partial charge in [0.05, 0.1) is 5.71 Å². The van der Waals surface area contributed by atoms with Crippen molar-refractivity contribution in [1.82, 2.24) is 5.32 Å². The van der Waals surface area contributed by atoms with E-state index in [9.17, 15) is 4.79 Å². The van der Waals surface area contributed by atoms with Crippen LogP contribution in [0.5, 0.6) is 0 Å². The Bertz CT molecular complexity index is 299. The molecule has 18 heavy (non-hydrogen) atoms. The van der Waals surface area contributed by atoms with Gasteiger partial charge in [-0.05, 0) is 0 Å². The zero-order valence-electron chi connectivity index (χ0n) is 11.5. The predicted molar refractivity (Wildman–Crippen MR) is 82.4 cm³/mol. The summed E-state index contributed by atoms with van der Waals surface area (Å²) in [4.78, 5) is 15.8. The largest absolute Gasteiger partial charge is 0.433 e. The lowest BCUT2D eigenvalue weighted by Gasteiger charge is -2.20. The summed E-state index contributed by atoms with van der Waals surface area (Å²) >= 11 is 3.56. The van der Waals surface area contributed by atoms with Crippen molar-refractivity contribution in [2.45, 2.75) is 20.8 Å². The molecule has 6 heteroatoms. The number of hydrogen-bond acceptors (Lipinski definition) is 5. The number of nitrogens with one attached hydrogen (secondary N) is 1. The van der Waals surface area contributed by atoms with Gasteiger partial charge in [0.1, 0.15) is 0 Å². The normalized spacial score (nSPS) is 12.1. The first kappa shape index (κ1) is 17.4. The molecule has 0 bridgehead atoms. The molecule has 0 heterocycles. The smallest absolute Gasteiger partial charge is 0.323 e. The van der Waals surface area contributed by atoms with Crippen LogP contribution in [0.3, 0.4) is 0 Å². The van der Waals surface area contributed by atoms with Crippen molar-refractivity contribution in [1.29, 1.82) is 0 Å². The number of thioether (sulfide) groups is 2. The van der Waals surface area contributed by atoms with Crippen molar-refractivity contribution in [2.24, 2.45) is 10.6 Å². The summed E-state index contributed by atoms with van der Waals surface area (Å²) in [5.41, 5.74) is 0.764. The molecule has 4 nitrogen and oxygen atoms in total. The topological polar surface area (TPSA) is 50.7 Å². The summed E-state index contributed by atoms with van der Waals surface area (Å²) < 4.78 is 0. The number of hydrogen-bond donors (Lipinski definition) is 1. The Labute approximate surface area is 118 Å². The third kappa shape index (κ3) is 8.47. The maximum atomic E-state index is 11.0. The van der Waals surface area contributed by atoms with E-state index in [0.29, 0.717) is 0 Å². The number of rotatable bonds is 7. The van der Waals surface area contributed by atoms with Crippen LogP contribution in [0.1, 0.15) is 20.8 Å². The highest BCUT2D eigenvalue weighted by molar-refractivity contribution is 8.16. The first-order valence-corrected chi connectivity index (χ1v) is 7.95. The fourth-order valence-corrected chi connectivity index (χ4v) is 2.89. The van der Waals surface area contributed by atoms with Crippen LogP contribution < -0.4 is 5.32 Å². The fourth-order valence-electron chi connectivity index (χ4n) is 0.851. The zero-order valence-corrected chi connectivity index (χ0v) is 13.1. The maximum absolute atomic E-state index is 11.0. The standard InChI is InChI=1S/C12H22N2O2S2/c1-6-7-17-9-18-8-10(12(2,3)4)14-16-11(15)13-5/h6H,1,7-9H2,2-5H3,(H,13,15). The lowest BCUT2D eigenvalue weighted by molar-refractivity contribution is 0.152. The Morgan fingerprint density at radius 3 is 2.61 bits per heavy atom. The number of carbonyl (C=O) groups excluding carboxylic acids is 1. The molecule has 0 aromatic heterocycles. The van der Waals surface area contributed by atoms with Gasteiger partial charge in [0.15, 0.2) is 0 Å². The van der Waals surface area contributed by atoms with Gasteiger partial charge in [0.2, 0.25) is 0 Å². The molecule has 104 valence electrons. The minimum atomic E-state index is -0.539. The van der Waals surface area contributed by atoms with Gasteiger partial charge in [0, 0.05) is 29.1 Å². The number of carbonyl (C=O) groups is 1. The molecule has 1 amide bonds. The van der Waals surface area contributed by atoms with E-state index in [1.807, 2.05) is 6.08 Å². The van der Waals surface area contributed by atoms with Crippen LogP contribution in [0, 0.1) is 5.41 Å². The zero-order chi connectivity index (χ0) is 14.0. The Balaban J connectivity index is 4.24. The third-order valence-corrected chi connectivity index (χ3v) is 4.23. The highest BCUT2D eigenvalue weighted by Crippen LogP contribution is 2.21. The van der Waals surface area contributed by atoms with Crippen LogP contribution in [0.25, 0.3) is 0 Å². The Morgan fingerprint density at radius 2 is 2.11 bits per heavy atom. The van der Waals surface area contributed by atoms with Crippen LogP contribution in [-0.4, -0.2) is 35.4 Å².